The van der Waals surface area contributed by atoms with E-state index < -0.39 is 0 Å². The highest BCUT2D eigenvalue weighted by Crippen LogP contribution is 2.28. The first-order valence-electron chi connectivity index (χ1n) is 5.50. The maximum absolute atomic E-state index is 9.47. The third kappa shape index (κ3) is 2.57. The molecule has 0 amide bonds. The quantitative estimate of drug-likeness (QED) is 0.814. The van der Waals surface area contributed by atoms with Gasteiger partial charge in [-0.25, -0.2) is 0 Å². The zero-order valence-corrected chi connectivity index (χ0v) is 10.4. The predicted octanol–water partition coefficient (Wildman–Crippen LogP) is 3.70. The minimum atomic E-state index is -0.281. The average Bonchev–Trinajstić information content (AvgIpc) is 2.28. The van der Waals surface area contributed by atoms with Crippen LogP contribution in [0.15, 0.2) is 47.4 Å². The Labute approximate surface area is 100 Å². The van der Waals surface area contributed by atoms with Gasteiger partial charge in [0.15, 0.2) is 0 Å². The van der Waals surface area contributed by atoms with E-state index in [2.05, 4.69) is 36.4 Å². The van der Waals surface area contributed by atoms with Crippen LogP contribution in [-0.2, 0) is 0 Å². The fraction of sp³-hybridized carbons (Fsp3) is 0.286. The maximum Gasteiger partial charge on any atom is 0.0631 e. The van der Waals surface area contributed by atoms with Crippen LogP contribution < -0.4 is 0 Å². The third-order valence-electron chi connectivity index (χ3n) is 2.72. The standard InChI is InChI=1S/C14H16OS/c1-10(15)11(2)16-14-8-7-12-5-3-4-6-13(12)9-14/h3-11,15H,1-2H3. The van der Waals surface area contributed by atoms with Crippen LogP contribution in [0.4, 0.5) is 0 Å². The van der Waals surface area contributed by atoms with Gasteiger partial charge in [0.2, 0.25) is 0 Å². The van der Waals surface area contributed by atoms with E-state index in [1.165, 1.54) is 15.7 Å². The number of fused-ring (bicyclic) bond motifs is 1. The van der Waals surface area contributed by atoms with Crippen LogP contribution in [0.25, 0.3) is 10.8 Å². The molecular weight excluding hydrogens is 216 g/mol. The van der Waals surface area contributed by atoms with E-state index in [1.807, 2.05) is 19.9 Å². The molecule has 0 saturated carbocycles. The first kappa shape index (κ1) is 11.5. The summed E-state index contributed by atoms with van der Waals surface area (Å²) in [5.74, 6) is 0. The molecule has 2 heteroatoms. The molecule has 2 aromatic rings. The molecule has 0 bridgehead atoms. The van der Waals surface area contributed by atoms with Gasteiger partial charge in [0.25, 0.3) is 0 Å². The molecule has 2 unspecified atom stereocenters. The lowest BCUT2D eigenvalue weighted by Crippen LogP contribution is -2.14. The van der Waals surface area contributed by atoms with E-state index >= 15 is 0 Å². The van der Waals surface area contributed by atoms with Gasteiger partial charge in [0, 0.05) is 10.1 Å². The minimum Gasteiger partial charge on any atom is -0.392 e. The van der Waals surface area contributed by atoms with Crippen molar-refractivity contribution in [2.75, 3.05) is 0 Å². The molecule has 0 heterocycles. The molecule has 0 aliphatic rings. The van der Waals surface area contributed by atoms with E-state index in [-0.39, 0.29) is 11.4 Å². The molecule has 16 heavy (non-hydrogen) atoms. The molecule has 2 rings (SSSR count). The van der Waals surface area contributed by atoms with Crippen molar-refractivity contribution in [3.63, 3.8) is 0 Å². The summed E-state index contributed by atoms with van der Waals surface area (Å²) in [7, 11) is 0. The normalized spacial score (nSPS) is 14.9. The summed E-state index contributed by atoms with van der Waals surface area (Å²) in [6.45, 7) is 3.88. The number of rotatable bonds is 3. The number of thioether (sulfide) groups is 1. The number of hydrogen-bond donors (Lipinski definition) is 1. The first-order chi connectivity index (χ1) is 7.66. The molecule has 0 aliphatic carbocycles. The van der Waals surface area contributed by atoms with Crippen molar-refractivity contribution in [2.45, 2.75) is 30.1 Å². The van der Waals surface area contributed by atoms with Crippen LogP contribution in [0.2, 0.25) is 0 Å². The van der Waals surface area contributed by atoms with Crippen LogP contribution in [-0.4, -0.2) is 16.5 Å². The molecule has 1 N–H and O–H groups in total. The number of aliphatic hydroxyl groups is 1. The summed E-state index contributed by atoms with van der Waals surface area (Å²) < 4.78 is 0. The monoisotopic (exact) mass is 232 g/mol. The highest BCUT2D eigenvalue weighted by molar-refractivity contribution is 8.00. The van der Waals surface area contributed by atoms with Crippen molar-refractivity contribution in [3.8, 4) is 0 Å². The fourth-order valence-electron chi connectivity index (χ4n) is 1.55. The lowest BCUT2D eigenvalue weighted by Gasteiger charge is -2.14. The molecule has 0 radical (unpaired) electrons. The van der Waals surface area contributed by atoms with Gasteiger partial charge in [-0.3, -0.25) is 0 Å². The van der Waals surface area contributed by atoms with Gasteiger partial charge < -0.3 is 5.11 Å². The topological polar surface area (TPSA) is 20.2 Å². The summed E-state index contributed by atoms with van der Waals surface area (Å²) in [5.41, 5.74) is 0. The second-order valence-corrected chi connectivity index (χ2v) is 5.52. The molecule has 0 aromatic heterocycles. The Kier molecular flexibility index (Phi) is 3.52. The van der Waals surface area contributed by atoms with Gasteiger partial charge in [-0.05, 0) is 29.8 Å². The zero-order valence-electron chi connectivity index (χ0n) is 9.55. The molecule has 0 aliphatic heterocycles. The summed E-state index contributed by atoms with van der Waals surface area (Å²) in [6, 6.07) is 14.8. The largest absolute Gasteiger partial charge is 0.392 e. The first-order valence-corrected chi connectivity index (χ1v) is 6.38. The maximum atomic E-state index is 9.47. The van der Waals surface area contributed by atoms with Crippen LogP contribution in [0, 0.1) is 0 Å². The molecule has 84 valence electrons. The summed E-state index contributed by atoms with van der Waals surface area (Å²) in [5, 5.41) is 12.2. The summed E-state index contributed by atoms with van der Waals surface area (Å²) in [6.07, 6.45) is -0.281. The van der Waals surface area contributed by atoms with Gasteiger partial charge in [-0.1, -0.05) is 37.3 Å². The highest BCUT2D eigenvalue weighted by Gasteiger charge is 2.10. The Bertz CT molecular complexity index is 479. The molecule has 2 aromatic carbocycles. The summed E-state index contributed by atoms with van der Waals surface area (Å²) >= 11 is 1.72. The van der Waals surface area contributed by atoms with Crippen molar-refractivity contribution >= 4 is 22.5 Å². The van der Waals surface area contributed by atoms with Crippen molar-refractivity contribution in [2.24, 2.45) is 0 Å². The summed E-state index contributed by atoms with van der Waals surface area (Å²) in [4.78, 5) is 1.21. The number of aliphatic hydroxyl groups excluding tert-OH is 1. The molecule has 0 saturated heterocycles. The van der Waals surface area contributed by atoms with E-state index in [1.54, 1.807) is 11.8 Å². The third-order valence-corrected chi connectivity index (χ3v) is 4.01. The number of hydrogen-bond acceptors (Lipinski definition) is 2. The van der Waals surface area contributed by atoms with Crippen molar-refractivity contribution < 1.29 is 5.11 Å². The lowest BCUT2D eigenvalue weighted by molar-refractivity contribution is 0.196. The van der Waals surface area contributed by atoms with Gasteiger partial charge >= 0.3 is 0 Å². The van der Waals surface area contributed by atoms with Crippen LogP contribution in [0.3, 0.4) is 0 Å². The zero-order chi connectivity index (χ0) is 11.5. The van der Waals surface area contributed by atoms with Gasteiger partial charge in [-0.2, -0.15) is 0 Å². The smallest absolute Gasteiger partial charge is 0.0631 e. The van der Waals surface area contributed by atoms with Gasteiger partial charge in [-0.15, -0.1) is 11.8 Å². The Morgan fingerprint density at radius 3 is 2.38 bits per heavy atom. The molecule has 0 spiro atoms. The molecule has 0 fully saturated rings. The van der Waals surface area contributed by atoms with Crippen LogP contribution in [0.5, 0.6) is 0 Å². The van der Waals surface area contributed by atoms with Crippen molar-refractivity contribution in [1.82, 2.24) is 0 Å². The molecule has 1 nitrogen and oxygen atoms in total. The SMILES string of the molecule is CC(O)C(C)Sc1ccc2ccccc2c1. The Morgan fingerprint density at radius 2 is 1.69 bits per heavy atom. The fourth-order valence-corrected chi connectivity index (χ4v) is 2.52. The van der Waals surface area contributed by atoms with Crippen LogP contribution in [0.1, 0.15) is 13.8 Å². The van der Waals surface area contributed by atoms with E-state index in [4.69, 9.17) is 0 Å². The van der Waals surface area contributed by atoms with E-state index in [0.29, 0.717) is 0 Å². The number of benzene rings is 2. The van der Waals surface area contributed by atoms with Crippen molar-refractivity contribution in [1.29, 1.82) is 0 Å². The van der Waals surface area contributed by atoms with Crippen LogP contribution >= 0.6 is 11.8 Å². The highest BCUT2D eigenvalue weighted by atomic mass is 32.2. The predicted molar refractivity (Wildman–Crippen MR) is 70.9 cm³/mol. The van der Waals surface area contributed by atoms with Gasteiger partial charge in [0.1, 0.15) is 0 Å². The Hall–Kier alpha value is -0.990. The average molecular weight is 232 g/mol. The molecule has 2 atom stereocenters. The Morgan fingerprint density at radius 1 is 1.00 bits per heavy atom. The molecular formula is C14H16OS. The minimum absolute atomic E-state index is 0.223. The Balaban J connectivity index is 2.26. The van der Waals surface area contributed by atoms with Crippen molar-refractivity contribution in [3.05, 3.63) is 42.5 Å². The second-order valence-electron chi connectivity index (χ2n) is 4.07. The van der Waals surface area contributed by atoms with E-state index in [9.17, 15) is 5.11 Å². The second kappa shape index (κ2) is 4.89. The van der Waals surface area contributed by atoms with E-state index in [0.717, 1.165) is 0 Å². The van der Waals surface area contributed by atoms with Gasteiger partial charge in [0.05, 0.1) is 6.10 Å². The lowest BCUT2D eigenvalue weighted by atomic mass is 10.1.